The summed E-state index contributed by atoms with van der Waals surface area (Å²) in [5, 5.41) is 0.518. The summed E-state index contributed by atoms with van der Waals surface area (Å²) in [5.41, 5.74) is 2.18. The molecule has 6 heteroatoms. The third kappa shape index (κ3) is 6.79. The van der Waals surface area contributed by atoms with Gasteiger partial charge < -0.3 is 9.64 Å². The van der Waals surface area contributed by atoms with Gasteiger partial charge in [-0.05, 0) is 61.4 Å². The number of ether oxygens (including phenoxy) is 1. The summed E-state index contributed by atoms with van der Waals surface area (Å²) in [6.45, 7) is 13.5. The van der Waals surface area contributed by atoms with Crippen LogP contribution in [0.2, 0.25) is 0 Å². The number of amides is 1. The lowest BCUT2D eigenvalue weighted by atomic mass is 9.84. The van der Waals surface area contributed by atoms with Gasteiger partial charge in [-0.3, -0.25) is 14.2 Å². The Labute approximate surface area is 237 Å². The second kappa shape index (κ2) is 12.5. The minimum atomic E-state index is -0.485. The van der Waals surface area contributed by atoms with Gasteiger partial charge >= 0.3 is 0 Å². The minimum absolute atomic E-state index is 0.0418. The maximum atomic E-state index is 14.1. The second-order valence-electron chi connectivity index (χ2n) is 11.8. The Kier molecular flexibility index (Phi) is 9.08. The van der Waals surface area contributed by atoms with Gasteiger partial charge in [0.15, 0.2) is 0 Å². The standard InChI is InChI=1S/C34H41N3O3/c1-7-40-30-20-14-13-19-29(30)37-32(35-28-18-12-11-17-27(28)33(37)39)25(3)36(23-26-15-9-8-10-16-26)31(38)21-24(2)22-34(4,5)6/h8-20,24-25H,7,21-23H2,1-6H3. The van der Waals surface area contributed by atoms with Crippen molar-refractivity contribution in [1.29, 1.82) is 0 Å². The highest BCUT2D eigenvalue weighted by molar-refractivity contribution is 5.79. The number of rotatable bonds is 10. The van der Waals surface area contributed by atoms with Crippen LogP contribution in [0.15, 0.2) is 83.7 Å². The van der Waals surface area contributed by atoms with Crippen molar-refractivity contribution in [2.24, 2.45) is 11.3 Å². The highest BCUT2D eigenvalue weighted by Gasteiger charge is 2.29. The quantitative estimate of drug-likeness (QED) is 0.212. The molecule has 1 aromatic heterocycles. The average molecular weight is 540 g/mol. The molecule has 0 bridgehead atoms. The molecule has 0 saturated carbocycles. The van der Waals surface area contributed by atoms with E-state index in [2.05, 4.69) is 27.7 Å². The van der Waals surface area contributed by atoms with Crippen molar-refractivity contribution in [3.63, 3.8) is 0 Å². The number of fused-ring (bicyclic) bond motifs is 1. The Bertz CT molecular complexity index is 1500. The molecule has 4 aromatic rings. The number of benzene rings is 3. The molecule has 0 N–H and O–H groups in total. The largest absolute Gasteiger partial charge is 0.492 e. The number of aromatic nitrogens is 2. The Morgan fingerprint density at radius 1 is 0.950 bits per heavy atom. The first-order valence-electron chi connectivity index (χ1n) is 14.2. The van der Waals surface area contributed by atoms with Crippen LogP contribution >= 0.6 is 0 Å². The summed E-state index contributed by atoms with van der Waals surface area (Å²) >= 11 is 0. The number of carbonyl (C=O) groups is 1. The molecule has 0 saturated heterocycles. The lowest BCUT2D eigenvalue weighted by Gasteiger charge is -2.32. The summed E-state index contributed by atoms with van der Waals surface area (Å²) in [6.07, 6.45) is 1.36. The summed E-state index contributed by atoms with van der Waals surface area (Å²) in [6, 6.07) is 24.4. The highest BCUT2D eigenvalue weighted by Crippen LogP contribution is 2.31. The fraction of sp³-hybridized carbons (Fsp3) is 0.382. The molecule has 0 radical (unpaired) electrons. The Morgan fingerprint density at radius 3 is 2.30 bits per heavy atom. The molecule has 2 unspecified atom stereocenters. The van der Waals surface area contributed by atoms with Crippen LogP contribution in [-0.4, -0.2) is 27.0 Å². The lowest BCUT2D eigenvalue weighted by Crippen LogP contribution is -2.38. The van der Waals surface area contributed by atoms with Crippen molar-refractivity contribution in [1.82, 2.24) is 14.5 Å². The predicted octanol–water partition coefficient (Wildman–Crippen LogP) is 7.34. The van der Waals surface area contributed by atoms with Crippen molar-refractivity contribution >= 4 is 16.8 Å². The third-order valence-electron chi connectivity index (χ3n) is 7.05. The molecule has 4 rings (SSSR count). The van der Waals surface area contributed by atoms with Gasteiger partial charge in [-0.15, -0.1) is 0 Å². The molecule has 1 heterocycles. The monoisotopic (exact) mass is 539 g/mol. The van der Waals surface area contributed by atoms with Crippen LogP contribution in [0.4, 0.5) is 0 Å². The van der Waals surface area contributed by atoms with Crippen molar-refractivity contribution < 1.29 is 9.53 Å². The van der Waals surface area contributed by atoms with Crippen LogP contribution in [0.5, 0.6) is 5.75 Å². The van der Waals surface area contributed by atoms with Crippen molar-refractivity contribution in [3.8, 4) is 11.4 Å². The molecule has 2 atom stereocenters. The van der Waals surface area contributed by atoms with Gasteiger partial charge in [-0.2, -0.15) is 0 Å². The number of carbonyl (C=O) groups excluding carboxylic acids is 1. The van der Waals surface area contributed by atoms with Crippen LogP contribution < -0.4 is 10.3 Å². The molecule has 1 amide bonds. The first-order valence-corrected chi connectivity index (χ1v) is 14.2. The van der Waals surface area contributed by atoms with Gasteiger partial charge in [-0.25, -0.2) is 4.98 Å². The van der Waals surface area contributed by atoms with E-state index in [1.165, 1.54) is 0 Å². The molecule has 0 fully saturated rings. The normalized spacial score (nSPS) is 13.2. The SMILES string of the molecule is CCOc1ccccc1-n1c(C(C)N(Cc2ccccc2)C(=O)CC(C)CC(C)(C)C)nc2ccccc2c1=O. The second-order valence-corrected chi connectivity index (χ2v) is 11.8. The molecular weight excluding hydrogens is 498 g/mol. The van der Waals surface area contributed by atoms with Gasteiger partial charge in [0.1, 0.15) is 11.6 Å². The Hall–Kier alpha value is -3.93. The summed E-state index contributed by atoms with van der Waals surface area (Å²) in [4.78, 5) is 34.9. The zero-order valence-electron chi connectivity index (χ0n) is 24.6. The number of nitrogens with zero attached hydrogens (tertiary/aromatic N) is 3. The van der Waals surface area contributed by atoms with Gasteiger partial charge in [0.25, 0.3) is 5.56 Å². The first kappa shape index (κ1) is 29.1. The molecule has 6 nitrogen and oxygen atoms in total. The van der Waals surface area contributed by atoms with Gasteiger partial charge in [-0.1, -0.05) is 82.3 Å². The summed E-state index contributed by atoms with van der Waals surface area (Å²) in [7, 11) is 0. The van der Waals surface area contributed by atoms with Gasteiger partial charge in [0.05, 0.1) is 29.2 Å². The fourth-order valence-corrected chi connectivity index (χ4v) is 5.48. The zero-order chi connectivity index (χ0) is 28.9. The van der Waals surface area contributed by atoms with Crippen molar-refractivity contribution in [3.05, 3.63) is 101 Å². The summed E-state index contributed by atoms with van der Waals surface area (Å²) < 4.78 is 7.55. The topological polar surface area (TPSA) is 64.4 Å². The molecular formula is C34H41N3O3. The van der Waals surface area contributed by atoms with E-state index in [9.17, 15) is 9.59 Å². The molecule has 40 heavy (non-hydrogen) atoms. The van der Waals surface area contributed by atoms with Crippen LogP contribution in [0.1, 0.15) is 71.8 Å². The van der Waals surface area contributed by atoms with Crippen LogP contribution in [0.3, 0.4) is 0 Å². The molecule has 0 aliphatic heterocycles. The predicted molar refractivity (Wildman–Crippen MR) is 162 cm³/mol. The molecule has 0 spiro atoms. The van der Waals surface area contributed by atoms with E-state index in [1.807, 2.05) is 91.5 Å². The van der Waals surface area contributed by atoms with Crippen LogP contribution in [0.25, 0.3) is 16.6 Å². The molecule has 0 aliphatic rings. The van der Waals surface area contributed by atoms with E-state index in [0.717, 1.165) is 12.0 Å². The number of hydrogen-bond donors (Lipinski definition) is 0. The van der Waals surface area contributed by atoms with Gasteiger partial charge in [0, 0.05) is 13.0 Å². The van der Waals surface area contributed by atoms with E-state index < -0.39 is 6.04 Å². The number of hydrogen-bond acceptors (Lipinski definition) is 4. The average Bonchev–Trinajstić information content (AvgIpc) is 2.91. The zero-order valence-corrected chi connectivity index (χ0v) is 24.6. The summed E-state index contributed by atoms with van der Waals surface area (Å²) in [5.74, 6) is 1.35. The van der Waals surface area contributed by atoms with Crippen LogP contribution in [-0.2, 0) is 11.3 Å². The fourth-order valence-electron chi connectivity index (χ4n) is 5.48. The molecule has 210 valence electrons. The van der Waals surface area contributed by atoms with E-state index in [0.29, 0.717) is 47.7 Å². The van der Waals surface area contributed by atoms with E-state index in [1.54, 1.807) is 10.6 Å². The molecule has 3 aromatic carbocycles. The maximum Gasteiger partial charge on any atom is 0.266 e. The van der Waals surface area contributed by atoms with E-state index in [4.69, 9.17) is 9.72 Å². The Morgan fingerprint density at radius 2 is 1.60 bits per heavy atom. The third-order valence-corrected chi connectivity index (χ3v) is 7.05. The van der Waals surface area contributed by atoms with E-state index in [-0.39, 0.29) is 22.8 Å². The maximum absolute atomic E-state index is 14.1. The van der Waals surface area contributed by atoms with E-state index >= 15 is 0 Å². The molecule has 0 aliphatic carbocycles. The number of para-hydroxylation sites is 3. The lowest BCUT2D eigenvalue weighted by molar-refractivity contribution is -0.135. The van der Waals surface area contributed by atoms with Gasteiger partial charge in [0.2, 0.25) is 5.91 Å². The highest BCUT2D eigenvalue weighted by atomic mass is 16.5. The first-order chi connectivity index (χ1) is 19.1. The van der Waals surface area contributed by atoms with Crippen LogP contribution in [0, 0.1) is 11.3 Å². The smallest absolute Gasteiger partial charge is 0.266 e. The minimum Gasteiger partial charge on any atom is -0.492 e. The van der Waals surface area contributed by atoms with Crippen molar-refractivity contribution in [2.45, 2.75) is 67.0 Å². The Balaban J connectivity index is 1.87. The van der Waals surface area contributed by atoms with Crippen molar-refractivity contribution in [2.75, 3.05) is 6.61 Å².